The number of furan rings is 1. The van der Waals surface area contributed by atoms with E-state index in [-0.39, 0.29) is 18.9 Å². The van der Waals surface area contributed by atoms with E-state index in [1.807, 2.05) is 29.6 Å². The van der Waals surface area contributed by atoms with E-state index in [9.17, 15) is 13.2 Å². The summed E-state index contributed by atoms with van der Waals surface area (Å²) in [5.41, 5.74) is 0. The number of thiophene rings is 1. The van der Waals surface area contributed by atoms with Gasteiger partial charge in [-0.3, -0.25) is 0 Å². The summed E-state index contributed by atoms with van der Waals surface area (Å²) in [5.74, 6) is 0.183. The van der Waals surface area contributed by atoms with Gasteiger partial charge in [0.15, 0.2) is 5.96 Å². The maximum atomic E-state index is 13.1. The molecule has 1 aliphatic carbocycles. The van der Waals surface area contributed by atoms with Gasteiger partial charge >= 0.3 is 6.18 Å². The summed E-state index contributed by atoms with van der Waals surface area (Å²) < 4.78 is 44.5. The minimum absolute atomic E-state index is 0.0986. The van der Waals surface area contributed by atoms with Crippen molar-refractivity contribution in [3.05, 3.63) is 46.5 Å². The van der Waals surface area contributed by atoms with Crippen LogP contribution in [-0.2, 0) is 13.0 Å². The Labute approximate surface area is 160 Å². The summed E-state index contributed by atoms with van der Waals surface area (Å²) in [6.07, 6.45) is -0.198. The molecule has 3 rings (SSSR count). The zero-order chi connectivity index (χ0) is 19.1. The molecule has 148 valence electrons. The molecule has 1 fully saturated rings. The van der Waals surface area contributed by atoms with Gasteiger partial charge in [-0.25, -0.2) is 4.99 Å². The van der Waals surface area contributed by atoms with Crippen molar-refractivity contribution in [3.63, 3.8) is 0 Å². The highest BCUT2D eigenvalue weighted by atomic mass is 32.1. The van der Waals surface area contributed by atoms with E-state index in [2.05, 4.69) is 15.6 Å². The molecule has 0 aliphatic heterocycles. The van der Waals surface area contributed by atoms with Gasteiger partial charge in [-0.15, -0.1) is 11.3 Å². The van der Waals surface area contributed by atoms with Crippen LogP contribution in [-0.4, -0.2) is 24.7 Å². The SMILES string of the molecule is FC(F)(F)C1CCCC(NC(=NCc2cccs2)NCCc2ccco2)C1. The van der Waals surface area contributed by atoms with Gasteiger partial charge in [0, 0.05) is 23.9 Å². The maximum Gasteiger partial charge on any atom is 0.391 e. The lowest BCUT2D eigenvalue weighted by molar-refractivity contribution is -0.183. The fraction of sp³-hybridized carbons (Fsp3) is 0.526. The Bertz CT molecular complexity index is 698. The average molecular weight is 399 g/mol. The van der Waals surface area contributed by atoms with Crippen molar-refractivity contribution in [1.82, 2.24) is 10.6 Å². The summed E-state index contributed by atoms with van der Waals surface area (Å²) >= 11 is 1.61. The largest absolute Gasteiger partial charge is 0.469 e. The molecule has 27 heavy (non-hydrogen) atoms. The number of halogens is 3. The van der Waals surface area contributed by atoms with Crippen LogP contribution in [0.4, 0.5) is 13.2 Å². The second kappa shape index (κ2) is 9.30. The third-order valence-electron chi connectivity index (χ3n) is 4.70. The van der Waals surface area contributed by atoms with Crippen LogP contribution in [0.2, 0.25) is 0 Å². The highest BCUT2D eigenvalue weighted by molar-refractivity contribution is 7.09. The molecule has 0 amide bonds. The molecule has 0 aromatic carbocycles. The van der Waals surface area contributed by atoms with Crippen LogP contribution >= 0.6 is 11.3 Å². The number of hydrogen-bond donors (Lipinski definition) is 2. The minimum Gasteiger partial charge on any atom is -0.469 e. The summed E-state index contributed by atoms with van der Waals surface area (Å²) in [6, 6.07) is 7.46. The Balaban J connectivity index is 1.58. The molecule has 2 atom stereocenters. The quantitative estimate of drug-likeness (QED) is 0.545. The summed E-state index contributed by atoms with van der Waals surface area (Å²) in [6.45, 7) is 1.10. The molecule has 8 heteroatoms. The standard InChI is InChI=1S/C19H24F3N3OS/c20-19(21,22)14-4-1-5-15(12-14)25-18(24-13-17-7-3-11-27-17)23-9-8-16-6-2-10-26-16/h2-3,6-7,10-11,14-15H,1,4-5,8-9,12-13H2,(H2,23,24,25). The molecule has 1 saturated carbocycles. The zero-order valence-corrected chi connectivity index (χ0v) is 15.8. The van der Waals surface area contributed by atoms with Gasteiger partial charge in [0.05, 0.1) is 18.7 Å². The van der Waals surface area contributed by atoms with Gasteiger partial charge in [0.2, 0.25) is 0 Å². The summed E-state index contributed by atoms with van der Waals surface area (Å²) in [5, 5.41) is 8.42. The topological polar surface area (TPSA) is 49.6 Å². The van der Waals surface area contributed by atoms with Crippen LogP contribution in [0.5, 0.6) is 0 Å². The number of nitrogens with zero attached hydrogens (tertiary/aromatic N) is 1. The van der Waals surface area contributed by atoms with Gasteiger partial charge in [-0.2, -0.15) is 13.2 Å². The molecule has 2 heterocycles. The van der Waals surface area contributed by atoms with Crippen LogP contribution < -0.4 is 10.6 Å². The molecule has 2 N–H and O–H groups in total. The molecule has 0 radical (unpaired) electrons. The molecule has 0 saturated heterocycles. The molecule has 2 aromatic rings. The lowest BCUT2D eigenvalue weighted by Crippen LogP contribution is -2.47. The van der Waals surface area contributed by atoms with Gasteiger partial charge in [0.1, 0.15) is 5.76 Å². The van der Waals surface area contributed by atoms with Crippen molar-refractivity contribution in [1.29, 1.82) is 0 Å². The van der Waals surface area contributed by atoms with Gasteiger partial charge in [-0.1, -0.05) is 12.5 Å². The van der Waals surface area contributed by atoms with Gasteiger partial charge < -0.3 is 15.1 Å². The monoisotopic (exact) mass is 399 g/mol. The average Bonchev–Trinajstić information content (AvgIpc) is 3.33. The van der Waals surface area contributed by atoms with Crippen molar-refractivity contribution in [2.45, 2.75) is 50.9 Å². The molecule has 0 spiro atoms. The molecule has 1 aliphatic rings. The first-order valence-corrected chi connectivity index (χ1v) is 10.0. The van der Waals surface area contributed by atoms with Crippen LogP contribution in [0.25, 0.3) is 0 Å². The Morgan fingerprint density at radius 3 is 2.85 bits per heavy atom. The lowest BCUT2D eigenvalue weighted by Gasteiger charge is -2.32. The predicted molar refractivity (Wildman–Crippen MR) is 101 cm³/mol. The van der Waals surface area contributed by atoms with Crippen molar-refractivity contribution in [2.75, 3.05) is 6.54 Å². The first-order valence-electron chi connectivity index (χ1n) is 9.17. The Morgan fingerprint density at radius 2 is 2.15 bits per heavy atom. The number of guanidine groups is 1. The number of aliphatic imine (C=N–C) groups is 1. The summed E-state index contributed by atoms with van der Waals surface area (Å²) in [7, 11) is 0. The smallest absolute Gasteiger partial charge is 0.391 e. The van der Waals surface area contributed by atoms with Crippen LogP contribution in [0, 0.1) is 5.92 Å². The van der Waals surface area contributed by atoms with E-state index < -0.39 is 12.1 Å². The van der Waals surface area contributed by atoms with E-state index in [0.29, 0.717) is 31.9 Å². The fourth-order valence-corrected chi connectivity index (χ4v) is 3.91. The first kappa shape index (κ1) is 19.8. The van der Waals surface area contributed by atoms with Gasteiger partial charge in [-0.05, 0) is 42.8 Å². The lowest BCUT2D eigenvalue weighted by atomic mass is 9.85. The number of nitrogens with one attached hydrogen (secondary N) is 2. The number of rotatable bonds is 6. The zero-order valence-electron chi connectivity index (χ0n) is 15.0. The van der Waals surface area contributed by atoms with Crippen molar-refractivity contribution >= 4 is 17.3 Å². The predicted octanol–water partition coefficient (Wildman–Crippen LogP) is 4.74. The maximum absolute atomic E-state index is 13.1. The van der Waals surface area contributed by atoms with Crippen molar-refractivity contribution in [3.8, 4) is 0 Å². The molecular weight excluding hydrogens is 375 g/mol. The third kappa shape index (κ3) is 6.30. The highest BCUT2D eigenvalue weighted by Gasteiger charge is 2.42. The molecule has 2 unspecified atom stereocenters. The second-order valence-corrected chi connectivity index (χ2v) is 7.78. The second-order valence-electron chi connectivity index (χ2n) is 6.75. The van der Waals surface area contributed by atoms with Gasteiger partial charge in [0.25, 0.3) is 0 Å². The van der Waals surface area contributed by atoms with Crippen LogP contribution in [0.15, 0.2) is 45.3 Å². The third-order valence-corrected chi connectivity index (χ3v) is 5.56. The highest BCUT2D eigenvalue weighted by Crippen LogP contribution is 2.37. The van der Waals surface area contributed by atoms with E-state index in [1.54, 1.807) is 17.6 Å². The molecule has 4 nitrogen and oxygen atoms in total. The fourth-order valence-electron chi connectivity index (χ4n) is 3.28. The molecular formula is C19H24F3N3OS. The van der Waals surface area contributed by atoms with E-state index in [0.717, 1.165) is 17.1 Å². The Morgan fingerprint density at radius 1 is 1.26 bits per heavy atom. The molecule has 2 aromatic heterocycles. The van der Waals surface area contributed by atoms with Crippen molar-refractivity contribution < 1.29 is 17.6 Å². The van der Waals surface area contributed by atoms with E-state index in [4.69, 9.17) is 4.42 Å². The first-order chi connectivity index (χ1) is 13.0. The number of alkyl halides is 3. The van der Waals surface area contributed by atoms with Crippen LogP contribution in [0.3, 0.4) is 0 Å². The summed E-state index contributed by atoms with van der Waals surface area (Å²) in [4.78, 5) is 5.67. The number of hydrogen-bond acceptors (Lipinski definition) is 3. The van der Waals surface area contributed by atoms with E-state index in [1.165, 1.54) is 0 Å². The minimum atomic E-state index is -4.12. The van der Waals surface area contributed by atoms with Crippen molar-refractivity contribution in [2.24, 2.45) is 10.9 Å². The normalized spacial score (nSPS) is 21.2. The van der Waals surface area contributed by atoms with Crippen LogP contribution in [0.1, 0.15) is 36.3 Å². The van der Waals surface area contributed by atoms with E-state index >= 15 is 0 Å². The Kier molecular flexibility index (Phi) is 6.82. The Hall–Kier alpha value is -1.96. The molecule has 0 bridgehead atoms.